The molecule has 1 saturated heterocycles. The van der Waals surface area contributed by atoms with E-state index in [1.54, 1.807) is 0 Å². The van der Waals surface area contributed by atoms with Crippen LogP contribution in [0, 0.1) is 17.8 Å². The van der Waals surface area contributed by atoms with Crippen molar-refractivity contribution in [3.63, 3.8) is 0 Å². The van der Waals surface area contributed by atoms with Gasteiger partial charge in [-0.15, -0.1) is 0 Å². The summed E-state index contributed by atoms with van der Waals surface area (Å²) in [6.07, 6.45) is 0.692. The van der Waals surface area contributed by atoms with Crippen molar-refractivity contribution in [2.45, 2.75) is 26.4 Å². The summed E-state index contributed by atoms with van der Waals surface area (Å²) in [6, 6.07) is 0. The average Bonchev–Trinajstić information content (AvgIpc) is 2.56. The molecule has 3 unspecified atom stereocenters. The van der Waals surface area contributed by atoms with Gasteiger partial charge in [-0.2, -0.15) is 0 Å². The third kappa shape index (κ3) is 2.66. The quantitative estimate of drug-likeness (QED) is 0.678. The smallest absolute Gasteiger partial charge is 0.0633 e. The molecule has 1 aliphatic heterocycles. The summed E-state index contributed by atoms with van der Waals surface area (Å²) in [5.41, 5.74) is 5.64. The molecular formula is C10H21NO2. The van der Waals surface area contributed by atoms with Crippen LogP contribution in [0.2, 0.25) is 0 Å². The number of aliphatic hydroxyl groups excluding tert-OH is 1. The summed E-state index contributed by atoms with van der Waals surface area (Å²) in [4.78, 5) is 0. The van der Waals surface area contributed by atoms with E-state index >= 15 is 0 Å². The lowest BCUT2D eigenvalue weighted by Crippen LogP contribution is -2.37. The van der Waals surface area contributed by atoms with E-state index in [2.05, 4.69) is 13.8 Å². The zero-order valence-electron chi connectivity index (χ0n) is 8.57. The van der Waals surface area contributed by atoms with Crippen LogP contribution in [0.25, 0.3) is 0 Å². The number of rotatable bonds is 4. The molecule has 3 N–H and O–H groups in total. The predicted molar refractivity (Wildman–Crippen MR) is 52.3 cm³/mol. The van der Waals surface area contributed by atoms with E-state index in [9.17, 15) is 5.11 Å². The second-order valence-corrected chi connectivity index (χ2v) is 4.26. The van der Waals surface area contributed by atoms with Gasteiger partial charge in [-0.3, -0.25) is 0 Å². The monoisotopic (exact) mass is 187 g/mol. The Hall–Kier alpha value is -0.120. The molecule has 78 valence electrons. The summed E-state index contributed by atoms with van der Waals surface area (Å²) in [5.74, 6) is 0.961. The fraction of sp³-hybridized carbons (Fsp3) is 1.00. The summed E-state index contributed by atoms with van der Waals surface area (Å²) < 4.78 is 5.25. The molecule has 0 radical (unpaired) electrons. The minimum atomic E-state index is -0.285. The van der Waals surface area contributed by atoms with Crippen molar-refractivity contribution in [1.82, 2.24) is 0 Å². The topological polar surface area (TPSA) is 55.5 Å². The number of nitrogens with two attached hydrogens (primary N) is 1. The van der Waals surface area contributed by atoms with Crippen molar-refractivity contribution < 1.29 is 9.84 Å². The van der Waals surface area contributed by atoms with E-state index in [0.717, 1.165) is 13.0 Å². The van der Waals surface area contributed by atoms with Gasteiger partial charge in [-0.1, -0.05) is 13.8 Å². The van der Waals surface area contributed by atoms with Gasteiger partial charge in [0.25, 0.3) is 0 Å². The first kappa shape index (κ1) is 11.0. The van der Waals surface area contributed by atoms with Gasteiger partial charge >= 0.3 is 0 Å². The highest BCUT2D eigenvalue weighted by molar-refractivity contribution is 4.81. The molecule has 0 aromatic heterocycles. The zero-order chi connectivity index (χ0) is 9.84. The predicted octanol–water partition coefficient (Wildman–Crippen LogP) is 0.615. The molecule has 3 atom stereocenters. The molecule has 3 nitrogen and oxygen atoms in total. The van der Waals surface area contributed by atoms with Gasteiger partial charge in [-0.05, 0) is 24.8 Å². The Morgan fingerprint density at radius 3 is 2.62 bits per heavy atom. The largest absolute Gasteiger partial charge is 0.392 e. The lowest BCUT2D eigenvalue weighted by molar-refractivity contribution is 0.0282. The Balaban J connectivity index is 2.46. The molecule has 0 bridgehead atoms. The van der Waals surface area contributed by atoms with E-state index in [4.69, 9.17) is 10.5 Å². The van der Waals surface area contributed by atoms with E-state index in [-0.39, 0.29) is 12.0 Å². The van der Waals surface area contributed by atoms with E-state index in [1.807, 2.05) is 0 Å². The number of hydrogen-bond acceptors (Lipinski definition) is 3. The van der Waals surface area contributed by atoms with Crippen LogP contribution in [-0.4, -0.2) is 31.0 Å². The Morgan fingerprint density at radius 1 is 1.54 bits per heavy atom. The van der Waals surface area contributed by atoms with Gasteiger partial charge in [0.05, 0.1) is 12.7 Å². The summed E-state index contributed by atoms with van der Waals surface area (Å²) in [7, 11) is 0. The maximum Gasteiger partial charge on any atom is 0.0633 e. The fourth-order valence-electron chi connectivity index (χ4n) is 1.98. The maximum absolute atomic E-state index is 10.0. The SMILES string of the molecule is CC(C)C(CN)C(O)C1CCOC1. The molecule has 1 heterocycles. The van der Waals surface area contributed by atoms with Crippen LogP contribution >= 0.6 is 0 Å². The Labute approximate surface area is 80.3 Å². The van der Waals surface area contributed by atoms with Crippen molar-refractivity contribution in [3.8, 4) is 0 Å². The molecule has 0 amide bonds. The summed E-state index contributed by atoms with van der Waals surface area (Å²) >= 11 is 0. The Bertz CT molecular complexity index is 144. The maximum atomic E-state index is 10.0. The van der Waals surface area contributed by atoms with Crippen LogP contribution in [0.5, 0.6) is 0 Å². The van der Waals surface area contributed by atoms with Crippen LogP contribution in [0.3, 0.4) is 0 Å². The van der Waals surface area contributed by atoms with Crippen molar-refractivity contribution in [3.05, 3.63) is 0 Å². The standard InChI is InChI=1S/C10H21NO2/c1-7(2)9(5-11)10(12)8-3-4-13-6-8/h7-10,12H,3-6,11H2,1-2H3. The average molecular weight is 187 g/mol. The normalized spacial score (nSPS) is 27.9. The molecule has 1 fully saturated rings. The van der Waals surface area contributed by atoms with Crippen molar-refractivity contribution in [2.75, 3.05) is 19.8 Å². The van der Waals surface area contributed by atoms with Gasteiger partial charge in [0.1, 0.15) is 0 Å². The molecule has 0 aliphatic carbocycles. The summed E-state index contributed by atoms with van der Waals surface area (Å²) in [6.45, 7) is 6.27. The highest BCUT2D eigenvalue weighted by atomic mass is 16.5. The van der Waals surface area contributed by atoms with Crippen LogP contribution in [0.1, 0.15) is 20.3 Å². The molecule has 0 spiro atoms. The lowest BCUT2D eigenvalue weighted by atomic mass is 9.83. The Morgan fingerprint density at radius 2 is 2.23 bits per heavy atom. The van der Waals surface area contributed by atoms with Gasteiger partial charge < -0.3 is 15.6 Å². The van der Waals surface area contributed by atoms with Gasteiger partial charge in [0, 0.05) is 12.5 Å². The minimum Gasteiger partial charge on any atom is -0.392 e. The van der Waals surface area contributed by atoms with Crippen molar-refractivity contribution in [1.29, 1.82) is 0 Å². The van der Waals surface area contributed by atoms with Gasteiger partial charge in [0.15, 0.2) is 0 Å². The first-order valence-corrected chi connectivity index (χ1v) is 5.12. The van der Waals surface area contributed by atoms with Crippen LogP contribution < -0.4 is 5.73 Å². The molecular weight excluding hydrogens is 166 g/mol. The highest BCUT2D eigenvalue weighted by Gasteiger charge is 2.31. The molecule has 1 aliphatic rings. The number of aliphatic hydroxyl groups is 1. The third-order valence-electron chi connectivity index (χ3n) is 3.02. The van der Waals surface area contributed by atoms with Crippen LogP contribution in [0.4, 0.5) is 0 Å². The number of hydrogen-bond donors (Lipinski definition) is 2. The third-order valence-corrected chi connectivity index (χ3v) is 3.02. The van der Waals surface area contributed by atoms with Crippen LogP contribution in [-0.2, 0) is 4.74 Å². The van der Waals surface area contributed by atoms with Gasteiger partial charge in [-0.25, -0.2) is 0 Å². The first-order valence-electron chi connectivity index (χ1n) is 5.12. The highest BCUT2D eigenvalue weighted by Crippen LogP contribution is 2.25. The van der Waals surface area contributed by atoms with Crippen molar-refractivity contribution >= 4 is 0 Å². The molecule has 1 rings (SSSR count). The van der Waals surface area contributed by atoms with Crippen LogP contribution in [0.15, 0.2) is 0 Å². The van der Waals surface area contributed by atoms with Gasteiger partial charge in [0.2, 0.25) is 0 Å². The Kier molecular flexibility index (Phi) is 4.16. The molecule has 0 aromatic rings. The molecule has 13 heavy (non-hydrogen) atoms. The fourth-order valence-corrected chi connectivity index (χ4v) is 1.98. The molecule has 3 heteroatoms. The molecule has 0 aromatic carbocycles. The number of ether oxygens (including phenoxy) is 1. The molecule has 0 saturated carbocycles. The first-order chi connectivity index (χ1) is 6.16. The van der Waals surface area contributed by atoms with Crippen molar-refractivity contribution in [2.24, 2.45) is 23.5 Å². The zero-order valence-corrected chi connectivity index (χ0v) is 8.57. The lowest BCUT2D eigenvalue weighted by Gasteiger charge is -2.28. The summed E-state index contributed by atoms with van der Waals surface area (Å²) in [5, 5.41) is 10.0. The second kappa shape index (κ2) is 4.94. The second-order valence-electron chi connectivity index (χ2n) is 4.26. The van der Waals surface area contributed by atoms with E-state index in [0.29, 0.717) is 25.0 Å². The van der Waals surface area contributed by atoms with E-state index in [1.165, 1.54) is 0 Å². The minimum absolute atomic E-state index is 0.215. The van der Waals surface area contributed by atoms with E-state index < -0.39 is 0 Å².